The molecule has 0 saturated carbocycles. The molecule has 0 amide bonds. The van der Waals surface area contributed by atoms with E-state index in [9.17, 15) is 0 Å². The van der Waals surface area contributed by atoms with Crippen LogP contribution in [-0.4, -0.2) is 4.98 Å². The summed E-state index contributed by atoms with van der Waals surface area (Å²) in [5, 5.41) is 1.24. The first-order chi connectivity index (χ1) is 9.33. The van der Waals surface area contributed by atoms with Gasteiger partial charge in [0.25, 0.3) is 0 Å². The zero-order valence-corrected chi connectivity index (χ0v) is 11.7. The first kappa shape index (κ1) is 12.2. The third kappa shape index (κ3) is 2.79. The second-order valence-corrected chi connectivity index (χ2v) is 5.62. The molecule has 0 saturated heterocycles. The van der Waals surface area contributed by atoms with E-state index >= 15 is 0 Å². The van der Waals surface area contributed by atoms with Gasteiger partial charge >= 0.3 is 0 Å². The fraction of sp³-hybridized carbons (Fsp3) is 0.118. The zero-order chi connectivity index (χ0) is 13.1. The maximum absolute atomic E-state index is 4.40. The van der Waals surface area contributed by atoms with Crippen molar-refractivity contribution in [2.24, 2.45) is 0 Å². The molecule has 94 valence electrons. The van der Waals surface area contributed by atoms with Crippen molar-refractivity contribution in [1.82, 2.24) is 4.98 Å². The molecule has 0 bridgehead atoms. The number of nitrogens with zero attached hydrogens (tertiary/aromatic N) is 1. The molecule has 1 heterocycles. The lowest BCUT2D eigenvalue weighted by Crippen LogP contribution is -1.84. The predicted molar refractivity (Wildman–Crippen MR) is 82.5 cm³/mol. The van der Waals surface area contributed by atoms with Crippen LogP contribution in [0, 0.1) is 6.92 Å². The van der Waals surface area contributed by atoms with E-state index in [4.69, 9.17) is 0 Å². The maximum atomic E-state index is 4.40. The molecule has 0 unspecified atom stereocenters. The van der Waals surface area contributed by atoms with Crippen LogP contribution < -0.4 is 0 Å². The van der Waals surface area contributed by atoms with E-state index in [2.05, 4.69) is 60.4 Å². The van der Waals surface area contributed by atoms with Gasteiger partial charge in [-0.2, -0.15) is 0 Å². The van der Waals surface area contributed by atoms with Crippen molar-refractivity contribution in [3.63, 3.8) is 0 Å². The average molecular weight is 265 g/mol. The Bertz CT molecular complexity index is 701. The lowest BCUT2D eigenvalue weighted by molar-refractivity contribution is 1.33. The van der Waals surface area contributed by atoms with Gasteiger partial charge in [-0.3, -0.25) is 4.98 Å². The molecule has 0 aliphatic rings. The number of thioether (sulfide) groups is 1. The molecule has 1 aromatic heterocycles. The second kappa shape index (κ2) is 5.45. The molecule has 3 rings (SSSR count). The zero-order valence-electron chi connectivity index (χ0n) is 10.8. The van der Waals surface area contributed by atoms with Crippen LogP contribution in [0.25, 0.3) is 10.9 Å². The molecule has 1 nitrogen and oxygen atoms in total. The van der Waals surface area contributed by atoms with Crippen LogP contribution in [0.1, 0.15) is 11.1 Å². The van der Waals surface area contributed by atoms with Gasteiger partial charge in [0.1, 0.15) is 0 Å². The summed E-state index contributed by atoms with van der Waals surface area (Å²) in [4.78, 5) is 5.70. The summed E-state index contributed by atoms with van der Waals surface area (Å²) >= 11 is 1.87. The van der Waals surface area contributed by atoms with Crippen molar-refractivity contribution >= 4 is 22.7 Å². The van der Waals surface area contributed by atoms with Gasteiger partial charge in [0.2, 0.25) is 0 Å². The average Bonchev–Trinajstić information content (AvgIpc) is 2.45. The quantitative estimate of drug-likeness (QED) is 0.629. The Morgan fingerprint density at radius 1 is 1.00 bits per heavy atom. The SMILES string of the molecule is Cc1cccc(CSc2ccnc3ccccc23)c1. The molecule has 19 heavy (non-hydrogen) atoms. The smallest absolute Gasteiger partial charge is 0.0713 e. The predicted octanol–water partition coefficient (Wildman–Crippen LogP) is 4.84. The Morgan fingerprint density at radius 2 is 1.89 bits per heavy atom. The Morgan fingerprint density at radius 3 is 2.79 bits per heavy atom. The largest absolute Gasteiger partial charge is 0.256 e. The number of aromatic nitrogens is 1. The minimum atomic E-state index is 0.996. The second-order valence-electron chi connectivity index (χ2n) is 4.60. The number of benzene rings is 2. The highest BCUT2D eigenvalue weighted by Gasteiger charge is 2.02. The lowest BCUT2D eigenvalue weighted by atomic mass is 10.2. The molecule has 0 spiro atoms. The molecular formula is C17H15NS. The maximum Gasteiger partial charge on any atom is 0.0713 e. The molecule has 0 aliphatic heterocycles. The van der Waals surface area contributed by atoms with Crippen molar-refractivity contribution in [3.05, 3.63) is 71.9 Å². The van der Waals surface area contributed by atoms with E-state index in [1.807, 2.05) is 24.0 Å². The van der Waals surface area contributed by atoms with E-state index in [0.717, 1.165) is 11.3 Å². The fourth-order valence-corrected chi connectivity index (χ4v) is 3.15. The number of fused-ring (bicyclic) bond motifs is 1. The van der Waals surface area contributed by atoms with Gasteiger partial charge in [0, 0.05) is 22.2 Å². The number of rotatable bonds is 3. The summed E-state index contributed by atoms with van der Waals surface area (Å²) in [6, 6.07) is 19.1. The van der Waals surface area contributed by atoms with E-state index in [1.165, 1.54) is 21.4 Å². The Balaban J connectivity index is 1.86. The summed E-state index contributed by atoms with van der Waals surface area (Å²) in [5.74, 6) is 0.996. The van der Waals surface area contributed by atoms with E-state index < -0.39 is 0 Å². The summed E-state index contributed by atoms with van der Waals surface area (Å²) in [5.41, 5.74) is 3.75. The number of hydrogen-bond acceptors (Lipinski definition) is 2. The van der Waals surface area contributed by atoms with E-state index in [0.29, 0.717) is 0 Å². The molecule has 0 radical (unpaired) electrons. The molecule has 0 atom stereocenters. The standard InChI is InChI=1S/C17H15NS/c1-13-5-4-6-14(11-13)12-19-17-9-10-18-16-8-3-2-7-15(16)17/h2-11H,12H2,1H3. The summed E-state index contributed by atoms with van der Waals surface area (Å²) in [6.07, 6.45) is 1.89. The number of hydrogen-bond donors (Lipinski definition) is 0. The highest BCUT2D eigenvalue weighted by molar-refractivity contribution is 7.98. The molecule has 0 N–H and O–H groups in total. The van der Waals surface area contributed by atoms with Crippen LogP contribution in [-0.2, 0) is 5.75 Å². The van der Waals surface area contributed by atoms with Crippen LogP contribution in [0.3, 0.4) is 0 Å². The van der Waals surface area contributed by atoms with Gasteiger partial charge in [-0.1, -0.05) is 48.0 Å². The van der Waals surface area contributed by atoms with Crippen LogP contribution in [0.4, 0.5) is 0 Å². The van der Waals surface area contributed by atoms with Crippen LogP contribution in [0.15, 0.2) is 65.7 Å². The van der Waals surface area contributed by atoms with Gasteiger partial charge < -0.3 is 0 Å². The molecular weight excluding hydrogens is 250 g/mol. The minimum Gasteiger partial charge on any atom is -0.256 e. The summed E-state index contributed by atoms with van der Waals surface area (Å²) in [6.45, 7) is 2.13. The topological polar surface area (TPSA) is 12.9 Å². The highest BCUT2D eigenvalue weighted by atomic mass is 32.2. The van der Waals surface area contributed by atoms with Crippen molar-refractivity contribution < 1.29 is 0 Å². The van der Waals surface area contributed by atoms with Crippen LogP contribution >= 0.6 is 11.8 Å². The number of aryl methyl sites for hydroxylation is 1. The molecule has 2 heteroatoms. The Kier molecular flexibility index (Phi) is 3.51. The van der Waals surface area contributed by atoms with E-state index in [-0.39, 0.29) is 0 Å². The molecule has 3 aromatic rings. The number of pyridine rings is 1. The third-order valence-electron chi connectivity index (χ3n) is 3.09. The van der Waals surface area contributed by atoms with Crippen molar-refractivity contribution in [2.45, 2.75) is 17.6 Å². The van der Waals surface area contributed by atoms with Gasteiger partial charge in [-0.05, 0) is 24.6 Å². The van der Waals surface area contributed by atoms with Crippen molar-refractivity contribution in [3.8, 4) is 0 Å². The van der Waals surface area contributed by atoms with Crippen LogP contribution in [0.2, 0.25) is 0 Å². The van der Waals surface area contributed by atoms with E-state index in [1.54, 1.807) is 0 Å². The minimum absolute atomic E-state index is 0.996. The van der Waals surface area contributed by atoms with Crippen LogP contribution in [0.5, 0.6) is 0 Å². The van der Waals surface area contributed by atoms with Gasteiger partial charge in [0.15, 0.2) is 0 Å². The van der Waals surface area contributed by atoms with Gasteiger partial charge in [-0.25, -0.2) is 0 Å². The Labute approximate surface area is 117 Å². The Hall–Kier alpha value is -1.80. The van der Waals surface area contributed by atoms with Gasteiger partial charge in [0.05, 0.1) is 5.52 Å². The monoisotopic (exact) mass is 265 g/mol. The fourth-order valence-electron chi connectivity index (χ4n) is 2.16. The van der Waals surface area contributed by atoms with Crippen molar-refractivity contribution in [2.75, 3.05) is 0 Å². The molecule has 0 fully saturated rings. The first-order valence-electron chi connectivity index (χ1n) is 6.35. The van der Waals surface area contributed by atoms with Crippen molar-refractivity contribution in [1.29, 1.82) is 0 Å². The highest BCUT2D eigenvalue weighted by Crippen LogP contribution is 2.29. The molecule has 0 aliphatic carbocycles. The number of para-hydroxylation sites is 1. The van der Waals surface area contributed by atoms with Gasteiger partial charge in [-0.15, -0.1) is 11.8 Å². The first-order valence-corrected chi connectivity index (χ1v) is 7.33. The third-order valence-corrected chi connectivity index (χ3v) is 4.23. The molecule has 2 aromatic carbocycles. The summed E-state index contributed by atoms with van der Waals surface area (Å²) < 4.78 is 0. The lowest BCUT2D eigenvalue weighted by Gasteiger charge is -2.06. The summed E-state index contributed by atoms with van der Waals surface area (Å²) in [7, 11) is 0. The normalized spacial score (nSPS) is 10.8.